The number of phenolic OH excluding ortho intramolecular Hbond substituents is 1. The van der Waals surface area contributed by atoms with Gasteiger partial charge < -0.3 is 19.9 Å². The van der Waals surface area contributed by atoms with Gasteiger partial charge in [0, 0.05) is 6.54 Å². The Bertz CT molecular complexity index is 1130. The molecule has 3 aromatic carbocycles. The first-order valence-corrected chi connectivity index (χ1v) is 9.64. The van der Waals surface area contributed by atoms with Gasteiger partial charge in [-0.1, -0.05) is 24.3 Å². The van der Waals surface area contributed by atoms with Gasteiger partial charge in [0.25, 0.3) is 11.8 Å². The van der Waals surface area contributed by atoms with Crippen LogP contribution in [0.2, 0.25) is 0 Å². The minimum Gasteiger partial charge on any atom is -0.507 e. The van der Waals surface area contributed by atoms with Crippen LogP contribution in [0.15, 0.2) is 59.7 Å². The second-order valence-corrected chi connectivity index (χ2v) is 6.57. The number of nitrogens with zero attached hydrogens (tertiary/aromatic N) is 1. The van der Waals surface area contributed by atoms with Crippen LogP contribution in [0, 0.1) is 0 Å². The first kappa shape index (κ1) is 21.6. The van der Waals surface area contributed by atoms with E-state index in [0.717, 1.165) is 10.8 Å². The van der Waals surface area contributed by atoms with Crippen molar-refractivity contribution in [1.29, 1.82) is 0 Å². The number of benzene rings is 3. The number of likely N-dealkylation sites (N-methyl/N-ethyl adjacent to an activating group) is 1. The highest BCUT2D eigenvalue weighted by atomic mass is 16.5. The fourth-order valence-corrected chi connectivity index (χ4v) is 2.91. The minimum atomic E-state index is -0.534. The molecule has 0 aliphatic heterocycles. The minimum absolute atomic E-state index is 0.122. The van der Waals surface area contributed by atoms with Crippen LogP contribution in [0.4, 0.5) is 0 Å². The molecular formula is C23H23N3O5. The first-order valence-electron chi connectivity index (χ1n) is 9.64. The van der Waals surface area contributed by atoms with Crippen molar-refractivity contribution >= 4 is 28.8 Å². The lowest BCUT2D eigenvalue weighted by atomic mass is 10.1. The number of ether oxygens (including phenoxy) is 2. The lowest BCUT2D eigenvalue weighted by Gasteiger charge is -2.11. The molecule has 0 heterocycles. The van der Waals surface area contributed by atoms with E-state index in [4.69, 9.17) is 9.47 Å². The SMILES string of the molecule is CCNC(=O)COc1ccc(/C=N\NC(=O)c2cc3ccccc3cc2O)cc1OC. The van der Waals surface area contributed by atoms with Crippen molar-refractivity contribution in [1.82, 2.24) is 10.7 Å². The molecule has 31 heavy (non-hydrogen) atoms. The zero-order chi connectivity index (χ0) is 22.2. The van der Waals surface area contributed by atoms with Crippen molar-refractivity contribution in [2.45, 2.75) is 6.92 Å². The van der Waals surface area contributed by atoms with E-state index in [9.17, 15) is 14.7 Å². The number of nitrogens with one attached hydrogen (secondary N) is 2. The first-order chi connectivity index (χ1) is 15.0. The number of hydrogen-bond acceptors (Lipinski definition) is 6. The number of fused-ring (bicyclic) bond motifs is 1. The van der Waals surface area contributed by atoms with Gasteiger partial charge in [-0.3, -0.25) is 9.59 Å². The lowest BCUT2D eigenvalue weighted by molar-refractivity contribution is -0.123. The van der Waals surface area contributed by atoms with Gasteiger partial charge in [-0.2, -0.15) is 5.10 Å². The number of carbonyl (C=O) groups is 2. The van der Waals surface area contributed by atoms with Gasteiger partial charge in [-0.05, 0) is 53.6 Å². The van der Waals surface area contributed by atoms with Gasteiger partial charge >= 0.3 is 0 Å². The van der Waals surface area contributed by atoms with Crippen molar-refractivity contribution in [3.63, 3.8) is 0 Å². The summed E-state index contributed by atoms with van der Waals surface area (Å²) in [6.45, 7) is 2.23. The predicted octanol–water partition coefficient (Wildman–Crippen LogP) is 2.83. The molecule has 3 rings (SSSR count). The highest BCUT2D eigenvalue weighted by molar-refractivity contribution is 6.01. The quantitative estimate of drug-likeness (QED) is 0.383. The normalized spacial score (nSPS) is 10.8. The molecule has 8 nitrogen and oxygen atoms in total. The number of hydrogen-bond donors (Lipinski definition) is 3. The van der Waals surface area contributed by atoms with Crippen molar-refractivity contribution in [2.24, 2.45) is 5.10 Å². The van der Waals surface area contributed by atoms with E-state index in [0.29, 0.717) is 23.6 Å². The van der Waals surface area contributed by atoms with Crippen LogP contribution in [0.25, 0.3) is 10.8 Å². The maximum Gasteiger partial charge on any atom is 0.275 e. The monoisotopic (exact) mass is 421 g/mol. The Morgan fingerprint density at radius 3 is 2.52 bits per heavy atom. The Morgan fingerprint density at radius 1 is 1.06 bits per heavy atom. The maximum absolute atomic E-state index is 12.4. The summed E-state index contributed by atoms with van der Waals surface area (Å²) in [5, 5.41) is 18.4. The van der Waals surface area contributed by atoms with Gasteiger partial charge in [-0.15, -0.1) is 0 Å². The van der Waals surface area contributed by atoms with Crippen molar-refractivity contribution in [3.8, 4) is 17.2 Å². The Kier molecular flexibility index (Phi) is 7.05. The van der Waals surface area contributed by atoms with Crippen LogP contribution < -0.4 is 20.2 Å². The van der Waals surface area contributed by atoms with Gasteiger partial charge in [0.15, 0.2) is 18.1 Å². The third-order valence-electron chi connectivity index (χ3n) is 4.41. The van der Waals surface area contributed by atoms with E-state index in [2.05, 4.69) is 15.8 Å². The van der Waals surface area contributed by atoms with E-state index < -0.39 is 5.91 Å². The molecule has 0 aliphatic carbocycles. The summed E-state index contributed by atoms with van der Waals surface area (Å²) in [6.07, 6.45) is 1.44. The summed E-state index contributed by atoms with van der Waals surface area (Å²) in [5.74, 6) is -0.0485. The predicted molar refractivity (Wildman–Crippen MR) is 118 cm³/mol. The molecule has 8 heteroatoms. The van der Waals surface area contributed by atoms with Crippen molar-refractivity contribution < 1.29 is 24.2 Å². The third kappa shape index (κ3) is 5.51. The maximum atomic E-state index is 12.4. The van der Waals surface area contributed by atoms with Crippen LogP contribution in [-0.4, -0.2) is 43.4 Å². The topological polar surface area (TPSA) is 109 Å². The molecule has 0 bridgehead atoms. The van der Waals surface area contributed by atoms with Crippen molar-refractivity contribution in [2.75, 3.05) is 20.3 Å². The molecule has 0 atom stereocenters. The molecule has 2 amide bonds. The summed E-state index contributed by atoms with van der Waals surface area (Å²) in [6, 6.07) is 15.6. The number of hydrazone groups is 1. The lowest BCUT2D eigenvalue weighted by Crippen LogP contribution is -2.28. The van der Waals surface area contributed by atoms with Crippen LogP contribution in [-0.2, 0) is 4.79 Å². The molecular weight excluding hydrogens is 398 g/mol. The summed E-state index contributed by atoms with van der Waals surface area (Å²) in [7, 11) is 1.49. The number of methoxy groups -OCH3 is 1. The molecule has 0 fully saturated rings. The smallest absolute Gasteiger partial charge is 0.275 e. The second-order valence-electron chi connectivity index (χ2n) is 6.57. The summed E-state index contributed by atoms with van der Waals surface area (Å²) in [4.78, 5) is 24.0. The van der Waals surface area contributed by atoms with E-state index in [-0.39, 0.29) is 23.8 Å². The molecule has 0 spiro atoms. The molecule has 3 N–H and O–H groups in total. The van der Waals surface area contributed by atoms with Crippen molar-refractivity contribution in [3.05, 3.63) is 65.7 Å². The Hall–Kier alpha value is -4.07. The molecule has 0 saturated heterocycles. The number of amides is 2. The Balaban J connectivity index is 1.67. The number of aromatic hydroxyl groups is 1. The summed E-state index contributed by atoms with van der Waals surface area (Å²) < 4.78 is 10.8. The van der Waals surface area contributed by atoms with Crippen LogP contribution in [0.1, 0.15) is 22.8 Å². The molecule has 0 aliphatic rings. The Labute approximate surface area is 179 Å². The van der Waals surface area contributed by atoms with Crippen LogP contribution in [0.3, 0.4) is 0 Å². The van der Waals surface area contributed by atoms with Crippen LogP contribution in [0.5, 0.6) is 17.2 Å². The van der Waals surface area contributed by atoms with Crippen LogP contribution >= 0.6 is 0 Å². The zero-order valence-electron chi connectivity index (χ0n) is 17.2. The standard InChI is InChI=1S/C23H23N3O5/c1-3-24-22(28)14-31-20-9-8-15(10-21(20)30-2)13-25-26-23(29)18-11-16-6-4-5-7-17(16)12-19(18)27/h4-13,27H,3,14H2,1-2H3,(H,24,28)(H,26,29)/b25-13-. The Morgan fingerprint density at radius 2 is 1.81 bits per heavy atom. The largest absolute Gasteiger partial charge is 0.507 e. The highest BCUT2D eigenvalue weighted by Crippen LogP contribution is 2.27. The van der Waals surface area contributed by atoms with Gasteiger partial charge in [0.2, 0.25) is 0 Å². The average molecular weight is 421 g/mol. The molecule has 160 valence electrons. The molecule has 0 aromatic heterocycles. The van der Waals surface area contributed by atoms with Gasteiger partial charge in [0.05, 0.1) is 18.9 Å². The number of phenols is 1. The number of carbonyl (C=O) groups excluding carboxylic acids is 2. The van der Waals surface area contributed by atoms with E-state index in [1.165, 1.54) is 13.3 Å². The van der Waals surface area contributed by atoms with E-state index >= 15 is 0 Å². The zero-order valence-corrected chi connectivity index (χ0v) is 17.2. The average Bonchev–Trinajstić information content (AvgIpc) is 2.77. The fraction of sp³-hybridized carbons (Fsp3) is 0.174. The molecule has 0 unspecified atom stereocenters. The van der Waals surface area contributed by atoms with Gasteiger partial charge in [-0.25, -0.2) is 5.43 Å². The fourth-order valence-electron chi connectivity index (χ4n) is 2.91. The van der Waals surface area contributed by atoms with E-state index in [1.807, 2.05) is 31.2 Å². The molecule has 0 radical (unpaired) electrons. The second kappa shape index (κ2) is 10.1. The van der Waals surface area contributed by atoms with E-state index in [1.54, 1.807) is 30.3 Å². The number of rotatable bonds is 8. The third-order valence-corrected chi connectivity index (χ3v) is 4.41. The summed E-state index contributed by atoms with van der Waals surface area (Å²) in [5.41, 5.74) is 3.18. The highest BCUT2D eigenvalue weighted by Gasteiger charge is 2.12. The molecule has 0 saturated carbocycles. The molecule has 3 aromatic rings. The summed E-state index contributed by atoms with van der Waals surface area (Å²) >= 11 is 0. The van der Waals surface area contributed by atoms with Gasteiger partial charge in [0.1, 0.15) is 5.75 Å².